The Labute approximate surface area is 157 Å². The van der Waals surface area contributed by atoms with E-state index in [1.54, 1.807) is 0 Å². The summed E-state index contributed by atoms with van der Waals surface area (Å²) in [6, 6.07) is 6.11. The molecule has 6 heteroatoms. The minimum absolute atomic E-state index is 0.0673. The van der Waals surface area contributed by atoms with Gasteiger partial charge in [0.05, 0.1) is 19.2 Å². The average molecular weight is 363 g/mol. The lowest BCUT2D eigenvalue weighted by Gasteiger charge is -2.21. The minimum atomic E-state index is -0.251. The molecule has 0 radical (unpaired) electrons. The molecule has 0 atom stereocenters. The van der Waals surface area contributed by atoms with Crippen LogP contribution >= 0.6 is 0 Å². The van der Waals surface area contributed by atoms with Crippen LogP contribution in [0.25, 0.3) is 0 Å². The quantitative estimate of drug-likeness (QED) is 0.515. The molecule has 0 bridgehead atoms. The van der Waals surface area contributed by atoms with Crippen molar-refractivity contribution in [2.24, 2.45) is 4.99 Å². The third-order valence-electron chi connectivity index (χ3n) is 3.27. The Morgan fingerprint density at radius 3 is 2.50 bits per heavy atom. The molecule has 0 saturated heterocycles. The number of amides is 1. The van der Waals surface area contributed by atoms with Crippen LogP contribution in [0.4, 0.5) is 0 Å². The van der Waals surface area contributed by atoms with Crippen molar-refractivity contribution in [3.8, 4) is 5.75 Å². The topological polar surface area (TPSA) is 74.8 Å². The summed E-state index contributed by atoms with van der Waals surface area (Å²) in [6.45, 7) is 15.3. The third-order valence-corrected chi connectivity index (χ3v) is 3.27. The van der Waals surface area contributed by atoms with Gasteiger partial charge in [-0.05, 0) is 60.1 Å². The van der Waals surface area contributed by atoms with Gasteiger partial charge in [0.1, 0.15) is 5.75 Å². The highest BCUT2D eigenvalue weighted by Crippen LogP contribution is 2.22. The number of rotatable bonds is 7. The van der Waals surface area contributed by atoms with Crippen LogP contribution in [0.1, 0.15) is 52.7 Å². The first-order valence-electron chi connectivity index (χ1n) is 9.20. The van der Waals surface area contributed by atoms with Crippen molar-refractivity contribution in [1.29, 1.82) is 0 Å². The monoisotopic (exact) mass is 362 g/mol. The highest BCUT2D eigenvalue weighted by atomic mass is 16.5. The Hall–Kier alpha value is -2.24. The van der Waals surface area contributed by atoms with Crippen LogP contribution < -0.4 is 20.7 Å². The number of hydrogen-bond donors (Lipinski definition) is 3. The lowest BCUT2D eigenvalue weighted by molar-refractivity contribution is -0.121. The predicted molar refractivity (Wildman–Crippen MR) is 108 cm³/mol. The number of nitrogens with zero attached hydrogens (tertiary/aromatic N) is 1. The molecule has 0 aromatic heterocycles. The Kier molecular flexibility index (Phi) is 8.42. The van der Waals surface area contributed by atoms with Gasteiger partial charge in [-0.25, -0.2) is 4.99 Å². The van der Waals surface area contributed by atoms with E-state index < -0.39 is 0 Å². The van der Waals surface area contributed by atoms with Crippen LogP contribution in [0.5, 0.6) is 5.75 Å². The van der Waals surface area contributed by atoms with Gasteiger partial charge in [-0.2, -0.15) is 0 Å². The average Bonchev–Trinajstić information content (AvgIpc) is 2.49. The van der Waals surface area contributed by atoms with Gasteiger partial charge >= 0.3 is 0 Å². The van der Waals surface area contributed by atoms with E-state index in [0.29, 0.717) is 12.5 Å². The van der Waals surface area contributed by atoms with E-state index in [1.165, 1.54) is 0 Å². The smallest absolute Gasteiger partial charge is 0.239 e. The Morgan fingerprint density at radius 1 is 1.23 bits per heavy atom. The molecule has 0 fully saturated rings. The van der Waals surface area contributed by atoms with E-state index in [9.17, 15) is 4.79 Å². The molecule has 6 nitrogen and oxygen atoms in total. The molecular weight excluding hydrogens is 328 g/mol. The molecule has 0 aliphatic carbocycles. The van der Waals surface area contributed by atoms with Crippen molar-refractivity contribution in [2.45, 2.75) is 66.7 Å². The molecule has 146 valence electrons. The molecule has 0 aliphatic rings. The van der Waals surface area contributed by atoms with Gasteiger partial charge in [0.15, 0.2) is 5.96 Å². The van der Waals surface area contributed by atoms with Gasteiger partial charge in [-0.15, -0.1) is 0 Å². The Balaban J connectivity index is 2.79. The molecule has 1 aromatic rings. The number of aliphatic imine (C=N–C) groups is 1. The molecular formula is C20H34N4O2. The van der Waals surface area contributed by atoms with Crippen molar-refractivity contribution in [1.82, 2.24) is 16.0 Å². The van der Waals surface area contributed by atoms with Gasteiger partial charge in [0, 0.05) is 17.6 Å². The normalized spacial score (nSPS) is 12.1. The van der Waals surface area contributed by atoms with Gasteiger partial charge < -0.3 is 20.7 Å². The van der Waals surface area contributed by atoms with Gasteiger partial charge in [0.2, 0.25) is 5.91 Å². The maximum Gasteiger partial charge on any atom is 0.239 e. The summed E-state index contributed by atoms with van der Waals surface area (Å²) in [5.41, 5.74) is 1.91. The van der Waals surface area contributed by atoms with E-state index in [1.807, 2.05) is 60.6 Å². The fourth-order valence-electron chi connectivity index (χ4n) is 2.29. The number of benzene rings is 1. The molecule has 0 saturated carbocycles. The number of aryl methyl sites for hydroxylation is 1. The van der Waals surface area contributed by atoms with Crippen molar-refractivity contribution in [2.75, 3.05) is 13.1 Å². The summed E-state index contributed by atoms with van der Waals surface area (Å²) in [6.07, 6.45) is 0.104. The molecule has 1 rings (SSSR count). The highest BCUT2D eigenvalue weighted by Gasteiger charge is 2.14. The fraction of sp³-hybridized carbons (Fsp3) is 0.600. The SMILES string of the molecule is CCNC(=NCc1ccc(C)cc1OC(C)C)NCC(=O)NC(C)(C)C. The maximum absolute atomic E-state index is 12.0. The second kappa shape index (κ2) is 10.0. The van der Waals surface area contributed by atoms with Gasteiger partial charge in [0.25, 0.3) is 0 Å². The van der Waals surface area contributed by atoms with Gasteiger partial charge in [-0.3, -0.25) is 4.79 Å². The fourth-order valence-corrected chi connectivity index (χ4v) is 2.29. The lowest BCUT2D eigenvalue weighted by atomic mass is 10.1. The summed E-state index contributed by atoms with van der Waals surface area (Å²) in [4.78, 5) is 16.6. The van der Waals surface area contributed by atoms with E-state index in [2.05, 4.69) is 27.0 Å². The first-order valence-corrected chi connectivity index (χ1v) is 9.20. The van der Waals surface area contributed by atoms with E-state index in [4.69, 9.17) is 4.74 Å². The number of ether oxygens (including phenoxy) is 1. The second-order valence-electron chi connectivity index (χ2n) is 7.62. The first-order chi connectivity index (χ1) is 12.1. The van der Waals surface area contributed by atoms with Crippen LogP contribution in [-0.2, 0) is 11.3 Å². The molecule has 1 amide bonds. The molecule has 0 spiro atoms. The minimum Gasteiger partial charge on any atom is -0.491 e. The first kappa shape index (κ1) is 21.8. The lowest BCUT2D eigenvalue weighted by Crippen LogP contribution is -2.48. The van der Waals surface area contributed by atoms with Crippen LogP contribution in [0, 0.1) is 6.92 Å². The largest absolute Gasteiger partial charge is 0.491 e. The highest BCUT2D eigenvalue weighted by molar-refractivity contribution is 5.86. The number of nitrogens with one attached hydrogen (secondary N) is 3. The summed E-state index contributed by atoms with van der Waals surface area (Å²) < 4.78 is 5.90. The Morgan fingerprint density at radius 2 is 1.92 bits per heavy atom. The molecule has 26 heavy (non-hydrogen) atoms. The van der Waals surface area contributed by atoms with Crippen molar-refractivity contribution < 1.29 is 9.53 Å². The molecule has 1 aromatic carbocycles. The van der Waals surface area contributed by atoms with Crippen molar-refractivity contribution in [3.05, 3.63) is 29.3 Å². The Bertz CT molecular complexity index is 619. The molecule has 0 heterocycles. The van der Waals surface area contributed by atoms with Crippen LogP contribution in [0.15, 0.2) is 23.2 Å². The number of carbonyl (C=O) groups is 1. The molecule has 0 unspecified atom stereocenters. The summed E-state index contributed by atoms with van der Waals surface area (Å²) in [5.74, 6) is 1.39. The summed E-state index contributed by atoms with van der Waals surface area (Å²) in [5, 5.41) is 9.15. The third kappa shape index (κ3) is 8.74. The van der Waals surface area contributed by atoms with E-state index in [0.717, 1.165) is 23.4 Å². The van der Waals surface area contributed by atoms with Crippen LogP contribution in [0.2, 0.25) is 0 Å². The predicted octanol–water partition coefficient (Wildman–Crippen LogP) is 2.75. The number of carbonyl (C=O) groups excluding carboxylic acids is 1. The summed E-state index contributed by atoms with van der Waals surface area (Å²) >= 11 is 0. The van der Waals surface area contributed by atoms with Crippen LogP contribution in [-0.4, -0.2) is 36.6 Å². The number of guanidine groups is 1. The van der Waals surface area contributed by atoms with Crippen LogP contribution in [0.3, 0.4) is 0 Å². The van der Waals surface area contributed by atoms with E-state index >= 15 is 0 Å². The van der Waals surface area contributed by atoms with Crippen molar-refractivity contribution >= 4 is 11.9 Å². The number of hydrogen-bond acceptors (Lipinski definition) is 3. The second-order valence-corrected chi connectivity index (χ2v) is 7.62. The van der Waals surface area contributed by atoms with Gasteiger partial charge in [-0.1, -0.05) is 12.1 Å². The van der Waals surface area contributed by atoms with Crippen molar-refractivity contribution in [3.63, 3.8) is 0 Å². The zero-order valence-electron chi connectivity index (χ0n) is 17.2. The summed E-state index contributed by atoms with van der Waals surface area (Å²) in [7, 11) is 0. The van der Waals surface area contributed by atoms with E-state index in [-0.39, 0.29) is 24.1 Å². The molecule has 0 aliphatic heterocycles. The maximum atomic E-state index is 12.0. The zero-order valence-corrected chi connectivity index (χ0v) is 17.2. The zero-order chi connectivity index (χ0) is 19.7. The standard InChI is InChI=1S/C20H34N4O2/c1-8-21-19(23-13-18(25)24-20(5,6)7)22-12-16-10-9-15(4)11-17(16)26-14(2)3/h9-11,14H,8,12-13H2,1-7H3,(H,24,25)(H2,21,22,23). The molecule has 3 N–H and O–H groups in total.